The van der Waals surface area contributed by atoms with Gasteiger partial charge in [0.1, 0.15) is 11.0 Å². The van der Waals surface area contributed by atoms with Crippen LogP contribution in [0.1, 0.15) is 28.1 Å². The van der Waals surface area contributed by atoms with Gasteiger partial charge in [-0.3, -0.25) is 9.59 Å². The van der Waals surface area contributed by atoms with Crippen LogP contribution in [0.15, 0.2) is 102 Å². The minimum absolute atomic E-state index is 0. The van der Waals surface area contributed by atoms with Crippen molar-refractivity contribution in [1.29, 1.82) is 0 Å². The highest BCUT2D eigenvalue weighted by Gasteiger charge is 2.29. The number of fused-ring (bicyclic) bond motifs is 9. The minimum Gasteiger partial charge on any atom is -0.369 e. The van der Waals surface area contributed by atoms with E-state index in [0.29, 0.717) is 11.1 Å². The summed E-state index contributed by atoms with van der Waals surface area (Å²) in [6.07, 6.45) is 0. The number of nitrogens with zero attached hydrogens (tertiary/aromatic N) is 4. The lowest BCUT2D eigenvalue weighted by Gasteiger charge is -2.16. The highest BCUT2D eigenvalue weighted by Crippen LogP contribution is 2.33. The Labute approximate surface area is 235 Å². The molecule has 0 atom stereocenters. The third kappa shape index (κ3) is 5.34. The molecular formula is C31H28N8O2. The number of nitrogen functional groups attached to an aromatic ring is 1. The van der Waals surface area contributed by atoms with Crippen LogP contribution in [0.4, 0.5) is 5.95 Å². The lowest BCUT2D eigenvalue weighted by Crippen LogP contribution is -2.23. The Morgan fingerprint density at radius 2 is 0.927 bits per heavy atom. The monoisotopic (exact) mass is 544 g/mol. The van der Waals surface area contributed by atoms with Gasteiger partial charge in [-0.15, -0.1) is 15.3 Å². The van der Waals surface area contributed by atoms with Gasteiger partial charge in [0.05, 0.1) is 0 Å². The number of anilines is 1. The van der Waals surface area contributed by atoms with E-state index in [2.05, 4.69) is 38.3 Å². The zero-order valence-electron chi connectivity index (χ0n) is 21.2. The Kier molecular flexibility index (Phi) is 8.14. The van der Waals surface area contributed by atoms with Crippen molar-refractivity contribution in [2.45, 2.75) is 7.43 Å². The van der Waals surface area contributed by atoms with Crippen LogP contribution in [0.5, 0.6) is 0 Å². The van der Waals surface area contributed by atoms with Crippen molar-refractivity contribution in [3.05, 3.63) is 108 Å². The van der Waals surface area contributed by atoms with Crippen molar-refractivity contribution in [3.8, 4) is 11.1 Å². The first kappa shape index (κ1) is 28.1. The number of carbonyl (C=O) groups is 2. The molecule has 204 valence electrons. The number of rotatable bonds is 0. The number of carbonyl (C=O) groups excluding carboxylic acids is 2. The van der Waals surface area contributed by atoms with E-state index in [0.717, 1.165) is 43.7 Å². The summed E-state index contributed by atoms with van der Waals surface area (Å²) in [6.45, 7) is 0. The minimum atomic E-state index is -0.408. The Bertz CT molecular complexity index is 1860. The van der Waals surface area contributed by atoms with Gasteiger partial charge in [-0.2, -0.15) is 0 Å². The second kappa shape index (κ2) is 11.9. The van der Waals surface area contributed by atoms with Gasteiger partial charge in [0.25, 0.3) is 0 Å². The lowest BCUT2D eigenvalue weighted by molar-refractivity contribution is 0.0815. The summed E-state index contributed by atoms with van der Waals surface area (Å²) in [7, 11) is 0. The molecule has 0 spiro atoms. The summed E-state index contributed by atoms with van der Waals surface area (Å²) in [5.41, 5.74) is 19.4. The van der Waals surface area contributed by atoms with Crippen molar-refractivity contribution in [1.82, 2.24) is 15.2 Å². The molecule has 0 radical (unpaired) electrons. The number of ketones is 2. The summed E-state index contributed by atoms with van der Waals surface area (Å²) in [5.74, 6) is 3.80. The first-order valence-electron chi connectivity index (χ1n) is 12.2. The lowest BCUT2D eigenvalue weighted by atomic mass is 9.84. The molecule has 0 fully saturated rings. The summed E-state index contributed by atoms with van der Waals surface area (Å²) in [6, 6.07) is 30.8. The predicted octanol–water partition coefficient (Wildman–Crippen LogP) is 4.42. The highest BCUT2D eigenvalue weighted by atomic mass is 16.2. The molecule has 1 aromatic heterocycles. The first-order chi connectivity index (χ1) is 19.4. The van der Waals surface area contributed by atoms with Crippen LogP contribution in [-0.2, 0) is 0 Å². The maximum atomic E-state index is 11.8. The highest BCUT2D eigenvalue weighted by molar-refractivity contribution is 6.52. The molecule has 1 heterocycles. The van der Waals surface area contributed by atoms with Gasteiger partial charge in [-0.05, 0) is 21.9 Å². The van der Waals surface area contributed by atoms with Crippen molar-refractivity contribution in [2.75, 3.05) is 5.73 Å². The van der Waals surface area contributed by atoms with Crippen LogP contribution < -0.4 is 23.0 Å². The molecule has 0 aliphatic heterocycles. The number of hydrogen-bond acceptors (Lipinski definition) is 8. The molecule has 0 unspecified atom stereocenters. The summed E-state index contributed by atoms with van der Waals surface area (Å²) in [5, 5.41) is 15.4. The number of hydrogen-bond donors (Lipinski definition) is 4. The fourth-order valence-corrected chi connectivity index (χ4v) is 4.63. The van der Waals surface area contributed by atoms with E-state index in [1.807, 2.05) is 60.7 Å². The molecule has 41 heavy (non-hydrogen) atoms. The van der Waals surface area contributed by atoms with Crippen LogP contribution in [-0.4, -0.2) is 32.7 Å². The van der Waals surface area contributed by atoms with E-state index in [9.17, 15) is 9.59 Å². The second-order valence-corrected chi connectivity index (χ2v) is 8.76. The van der Waals surface area contributed by atoms with E-state index in [-0.39, 0.29) is 19.3 Å². The Morgan fingerprint density at radius 3 is 1.37 bits per heavy atom. The molecule has 1 aliphatic rings. The van der Waals surface area contributed by atoms with Crippen LogP contribution in [0.3, 0.4) is 0 Å². The Balaban J connectivity index is 0.000000161. The smallest absolute Gasteiger partial charge is 0.240 e. The third-order valence-electron chi connectivity index (χ3n) is 6.35. The number of nitrogens with two attached hydrogens (primary N) is 4. The predicted molar refractivity (Wildman–Crippen MR) is 164 cm³/mol. The molecule has 0 saturated carbocycles. The summed E-state index contributed by atoms with van der Waals surface area (Å²) in [4.78, 5) is 28.0. The molecule has 8 N–H and O–H groups in total. The van der Waals surface area contributed by atoms with Crippen LogP contribution in [0.2, 0.25) is 0 Å². The van der Waals surface area contributed by atoms with Gasteiger partial charge >= 0.3 is 0 Å². The van der Waals surface area contributed by atoms with E-state index in [4.69, 9.17) is 17.2 Å². The van der Waals surface area contributed by atoms with Gasteiger partial charge < -0.3 is 23.0 Å². The largest absolute Gasteiger partial charge is 0.369 e. The van der Waals surface area contributed by atoms with Crippen molar-refractivity contribution in [2.24, 2.45) is 22.4 Å². The van der Waals surface area contributed by atoms with E-state index >= 15 is 0 Å². The van der Waals surface area contributed by atoms with Crippen LogP contribution in [0, 0.1) is 0 Å². The molecule has 0 amide bonds. The molecule has 10 heteroatoms. The number of hydrazone groups is 1. The first-order valence-corrected chi connectivity index (χ1v) is 12.2. The van der Waals surface area contributed by atoms with Gasteiger partial charge in [0.15, 0.2) is 0 Å². The average molecular weight is 545 g/mol. The summed E-state index contributed by atoms with van der Waals surface area (Å²) < 4.78 is 0. The van der Waals surface area contributed by atoms with Crippen molar-refractivity contribution >= 4 is 56.1 Å². The van der Waals surface area contributed by atoms with Gasteiger partial charge in [0.2, 0.25) is 23.5 Å². The molecule has 1 aliphatic carbocycles. The van der Waals surface area contributed by atoms with Gasteiger partial charge in [-0.1, -0.05) is 104 Å². The molecule has 0 bridgehead atoms. The molecule has 10 nitrogen and oxygen atoms in total. The topological polar surface area (TPSA) is 189 Å². The maximum Gasteiger partial charge on any atom is 0.240 e. The normalized spacial score (nSPS) is 11.2. The number of benzene rings is 5. The number of Topliss-reactive ketones (excluding diaryl/α,β-unsaturated/α-hetero) is 2. The molecule has 6 aromatic rings. The second-order valence-electron chi connectivity index (χ2n) is 8.76. The molecule has 5 aromatic carbocycles. The maximum absolute atomic E-state index is 11.8. The standard InChI is InChI=1S/C15H10N4.C14H8O2.CH6N4.CH4/c16-15-17-13-11-7-3-1-5-9(11)10-6-2-4-8-12(10)14(13)18-19-15;15-13-11-7-3-1-5-9(11)10-6-2-4-8-12(10)14(13)16;2-1(3)5-4;/h1-8H,(H2,16,17,19);1-8H;4H2,(H4,2,3,5);1H4. The zero-order chi connectivity index (χ0) is 28.2. The fraction of sp³-hybridized carbons (Fsp3) is 0.0323. The molecule has 0 saturated heterocycles. The van der Waals surface area contributed by atoms with Crippen molar-refractivity contribution in [3.63, 3.8) is 0 Å². The molecule has 7 rings (SSSR count). The van der Waals surface area contributed by atoms with Gasteiger partial charge in [-0.25, -0.2) is 4.98 Å². The fourth-order valence-electron chi connectivity index (χ4n) is 4.63. The number of aromatic nitrogens is 3. The van der Waals surface area contributed by atoms with E-state index in [1.165, 1.54) is 0 Å². The van der Waals surface area contributed by atoms with Gasteiger partial charge in [0, 0.05) is 21.9 Å². The zero-order valence-corrected chi connectivity index (χ0v) is 21.2. The Morgan fingerprint density at radius 1 is 0.561 bits per heavy atom. The average Bonchev–Trinajstić information content (AvgIpc) is 3.00. The van der Waals surface area contributed by atoms with E-state index < -0.39 is 11.6 Å². The molecular weight excluding hydrogens is 516 g/mol. The quantitative estimate of drug-likeness (QED) is 0.0535. The summed E-state index contributed by atoms with van der Waals surface area (Å²) >= 11 is 0. The van der Waals surface area contributed by atoms with Crippen LogP contribution in [0.25, 0.3) is 43.7 Å². The van der Waals surface area contributed by atoms with Crippen LogP contribution >= 0.6 is 0 Å². The SMILES string of the molecule is C.NN=C(N)N.Nc1nnc2c3ccccc3c3ccccc3c2n1.O=C1C(=O)c2ccccc2-c2ccccc21. The third-order valence-corrected chi connectivity index (χ3v) is 6.35. The van der Waals surface area contributed by atoms with E-state index in [1.54, 1.807) is 24.3 Å². The van der Waals surface area contributed by atoms with Crippen molar-refractivity contribution < 1.29 is 9.59 Å². The Hall–Kier alpha value is -5.90. The number of guanidine groups is 1.